The van der Waals surface area contributed by atoms with Gasteiger partial charge < -0.3 is 11.1 Å². The maximum atomic E-state index is 13.1. The van der Waals surface area contributed by atoms with Gasteiger partial charge in [-0.05, 0) is 43.4 Å². The molecule has 3 nitrogen and oxygen atoms in total. The molecule has 1 aliphatic carbocycles. The van der Waals surface area contributed by atoms with Gasteiger partial charge in [0.2, 0.25) is 5.91 Å². The summed E-state index contributed by atoms with van der Waals surface area (Å²) in [6.07, 6.45) is 5.65. The molecule has 0 saturated heterocycles. The summed E-state index contributed by atoms with van der Waals surface area (Å²) in [6.45, 7) is 2.43. The third-order valence-corrected chi connectivity index (χ3v) is 4.54. The Hall–Kier alpha value is -1.13. The summed E-state index contributed by atoms with van der Waals surface area (Å²) in [7, 11) is 0. The van der Waals surface area contributed by atoms with Crippen molar-refractivity contribution >= 4 is 18.3 Å². The predicted octanol–water partition coefficient (Wildman–Crippen LogP) is 3.20. The lowest BCUT2D eigenvalue weighted by molar-refractivity contribution is -0.126. The summed E-state index contributed by atoms with van der Waals surface area (Å²) in [5, 5.41) is 3.15. The number of nitrogens with two attached hydrogens (primary N) is 1. The van der Waals surface area contributed by atoms with Crippen LogP contribution in [0.5, 0.6) is 0 Å². The number of rotatable bonds is 6. The zero-order valence-corrected chi connectivity index (χ0v) is 13.9. The van der Waals surface area contributed by atoms with Crippen LogP contribution in [0, 0.1) is 11.7 Å². The molecule has 0 aliphatic heterocycles. The highest BCUT2D eigenvalue weighted by Gasteiger charge is 2.34. The number of halogens is 2. The van der Waals surface area contributed by atoms with Crippen LogP contribution in [0.25, 0.3) is 0 Å². The van der Waals surface area contributed by atoms with Gasteiger partial charge in [0.15, 0.2) is 0 Å². The van der Waals surface area contributed by atoms with Gasteiger partial charge in [-0.1, -0.05) is 31.9 Å². The average Bonchev–Trinajstić information content (AvgIpc) is 2.94. The molecule has 1 atom stereocenters. The second-order valence-electron chi connectivity index (χ2n) is 6.25. The third kappa shape index (κ3) is 4.96. The molecule has 1 fully saturated rings. The zero-order chi connectivity index (χ0) is 15.3. The maximum absolute atomic E-state index is 13.1. The summed E-state index contributed by atoms with van der Waals surface area (Å²) < 4.78 is 13.1. The first-order chi connectivity index (χ1) is 10.0. The van der Waals surface area contributed by atoms with Gasteiger partial charge in [-0.3, -0.25) is 4.79 Å². The monoisotopic (exact) mass is 328 g/mol. The second-order valence-corrected chi connectivity index (χ2v) is 6.25. The Morgan fingerprint density at radius 1 is 1.41 bits per heavy atom. The first-order valence-corrected chi connectivity index (χ1v) is 7.81. The average molecular weight is 329 g/mol. The van der Waals surface area contributed by atoms with E-state index in [4.69, 9.17) is 5.73 Å². The number of hydrogen-bond acceptors (Lipinski definition) is 2. The van der Waals surface area contributed by atoms with Crippen molar-refractivity contribution < 1.29 is 9.18 Å². The van der Waals surface area contributed by atoms with Crippen molar-refractivity contribution in [1.82, 2.24) is 5.32 Å². The molecule has 0 radical (unpaired) electrons. The van der Waals surface area contributed by atoms with Gasteiger partial charge in [0, 0.05) is 12.5 Å². The summed E-state index contributed by atoms with van der Waals surface area (Å²) in [5.74, 6) is -0.242. The minimum absolute atomic E-state index is 0. The third-order valence-electron chi connectivity index (χ3n) is 4.54. The van der Waals surface area contributed by atoms with Crippen molar-refractivity contribution in [2.24, 2.45) is 11.7 Å². The van der Waals surface area contributed by atoms with E-state index in [-0.39, 0.29) is 35.6 Å². The molecule has 124 valence electrons. The van der Waals surface area contributed by atoms with Crippen molar-refractivity contribution in [3.05, 3.63) is 35.6 Å². The van der Waals surface area contributed by atoms with Crippen LogP contribution >= 0.6 is 12.4 Å². The second kappa shape index (κ2) is 8.49. The molecule has 1 amide bonds. The molecular weight excluding hydrogens is 303 g/mol. The summed E-state index contributed by atoms with van der Waals surface area (Å²) >= 11 is 0. The van der Waals surface area contributed by atoms with Gasteiger partial charge in [-0.2, -0.15) is 0 Å². The number of carbonyl (C=O) groups is 1. The van der Waals surface area contributed by atoms with Crippen LogP contribution in [0.4, 0.5) is 4.39 Å². The largest absolute Gasteiger partial charge is 0.349 e. The maximum Gasteiger partial charge on any atom is 0.223 e. The lowest BCUT2D eigenvalue weighted by atomic mass is 9.94. The van der Waals surface area contributed by atoms with Crippen LogP contribution < -0.4 is 11.1 Å². The van der Waals surface area contributed by atoms with E-state index in [0.29, 0.717) is 13.0 Å². The van der Waals surface area contributed by atoms with Gasteiger partial charge >= 0.3 is 0 Å². The summed E-state index contributed by atoms with van der Waals surface area (Å²) in [6, 6.07) is 6.57. The number of hydrogen-bond donors (Lipinski definition) is 2. The number of benzene rings is 1. The van der Waals surface area contributed by atoms with E-state index in [2.05, 4.69) is 5.32 Å². The predicted molar refractivity (Wildman–Crippen MR) is 89.5 cm³/mol. The van der Waals surface area contributed by atoms with E-state index >= 15 is 0 Å². The quantitative estimate of drug-likeness (QED) is 0.842. The number of amides is 1. The van der Waals surface area contributed by atoms with Gasteiger partial charge in [0.1, 0.15) is 5.82 Å². The highest BCUT2D eigenvalue weighted by Crippen LogP contribution is 2.29. The first-order valence-electron chi connectivity index (χ1n) is 7.81. The van der Waals surface area contributed by atoms with Crippen LogP contribution in [-0.4, -0.2) is 18.0 Å². The molecule has 0 spiro atoms. The van der Waals surface area contributed by atoms with E-state index in [1.54, 1.807) is 6.07 Å². The van der Waals surface area contributed by atoms with Crippen LogP contribution in [-0.2, 0) is 11.2 Å². The van der Waals surface area contributed by atoms with Gasteiger partial charge in [0.05, 0.1) is 5.54 Å². The molecule has 2 rings (SSSR count). The van der Waals surface area contributed by atoms with Crippen molar-refractivity contribution in [2.75, 3.05) is 6.54 Å². The van der Waals surface area contributed by atoms with E-state index in [0.717, 1.165) is 37.7 Å². The van der Waals surface area contributed by atoms with Crippen LogP contribution in [0.2, 0.25) is 0 Å². The van der Waals surface area contributed by atoms with E-state index in [9.17, 15) is 9.18 Å². The molecule has 0 aromatic heterocycles. The molecule has 5 heteroatoms. The Kier molecular flexibility index (Phi) is 7.30. The summed E-state index contributed by atoms with van der Waals surface area (Å²) in [4.78, 5) is 12.3. The molecule has 1 aromatic carbocycles. The molecule has 22 heavy (non-hydrogen) atoms. The lowest BCUT2D eigenvalue weighted by Crippen LogP contribution is -2.53. The molecule has 0 heterocycles. The Labute approximate surface area is 138 Å². The topological polar surface area (TPSA) is 55.1 Å². The standard InChI is InChI=1S/C17H25FN2O.ClH/c1-13(7-8-14-5-4-6-15(18)11-14)16(21)20-17(12-19)9-2-3-10-17;/h4-6,11,13H,2-3,7-10,12,19H2,1H3,(H,20,21);1H. The molecule has 1 saturated carbocycles. The fourth-order valence-electron chi connectivity index (χ4n) is 3.02. The minimum Gasteiger partial charge on any atom is -0.349 e. The first kappa shape index (κ1) is 18.9. The van der Waals surface area contributed by atoms with E-state index in [1.165, 1.54) is 12.1 Å². The lowest BCUT2D eigenvalue weighted by Gasteiger charge is -2.30. The van der Waals surface area contributed by atoms with Crippen LogP contribution in [0.1, 0.15) is 44.6 Å². The number of aryl methyl sites for hydroxylation is 1. The molecule has 1 aliphatic rings. The fraction of sp³-hybridized carbons (Fsp3) is 0.588. The number of carbonyl (C=O) groups excluding carboxylic acids is 1. The molecule has 0 bridgehead atoms. The van der Waals surface area contributed by atoms with E-state index < -0.39 is 0 Å². The smallest absolute Gasteiger partial charge is 0.223 e. The van der Waals surface area contributed by atoms with Crippen molar-refractivity contribution in [2.45, 2.75) is 51.0 Å². The minimum atomic E-state index is -0.224. The molecule has 1 aromatic rings. The van der Waals surface area contributed by atoms with Gasteiger partial charge in [-0.15, -0.1) is 12.4 Å². The fourth-order valence-corrected chi connectivity index (χ4v) is 3.02. The SMILES string of the molecule is CC(CCc1cccc(F)c1)C(=O)NC1(CN)CCCC1.Cl. The highest BCUT2D eigenvalue weighted by atomic mass is 35.5. The van der Waals surface area contributed by atoms with Crippen molar-refractivity contribution in [3.8, 4) is 0 Å². The molecule has 3 N–H and O–H groups in total. The Bertz CT molecular complexity index is 489. The highest BCUT2D eigenvalue weighted by molar-refractivity contribution is 5.85. The van der Waals surface area contributed by atoms with Gasteiger partial charge in [0.25, 0.3) is 0 Å². The normalized spacial score (nSPS) is 17.6. The molecular formula is C17H26ClFN2O. The Balaban J connectivity index is 0.00000242. The Morgan fingerprint density at radius 3 is 2.68 bits per heavy atom. The summed E-state index contributed by atoms with van der Waals surface area (Å²) in [5.41, 5.74) is 6.59. The molecule has 1 unspecified atom stereocenters. The number of nitrogens with one attached hydrogen (secondary N) is 1. The Morgan fingerprint density at radius 2 is 2.09 bits per heavy atom. The zero-order valence-electron chi connectivity index (χ0n) is 13.1. The van der Waals surface area contributed by atoms with Crippen molar-refractivity contribution in [3.63, 3.8) is 0 Å². The van der Waals surface area contributed by atoms with Crippen LogP contribution in [0.3, 0.4) is 0 Å². The van der Waals surface area contributed by atoms with E-state index in [1.807, 2.05) is 13.0 Å². The van der Waals surface area contributed by atoms with Gasteiger partial charge in [-0.25, -0.2) is 4.39 Å². The van der Waals surface area contributed by atoms with Crippen LogP contribution in [0.15, 0.2) is 24.3 Å². The van der Waals surface area contributed by atoms with Crippen molar-refractivity contribution in [1.29, 1.82) is 0 Å².